The lowest BCUT2D eigenvalue weighted by Gasteiger charge is -2.10. The predicted molar refractivity (Wildman–Crippen MR) is 103 cm³/mol. The number of ether oxygens (including phenoxy) is 2. The van der Waals surface area contributed by atoms with E-state index in [2.05, 4.69) is 0 Å². The molecule has 0 fully saturated rings. The van der Waals surface area contributed by atoms with E-state index in [0.717, 1.165) is 5.56 Å². The molecule has 27 heavy (non-hydrogen) atoms. The molecule has 0 saturated carbocycles. The molecule has 3 aromatic carbocycles. The van der Waals surface area contributed by atoms with Crippen molar-refractivity contribution in [2.75, 3.05) is 7.11 Å². The number of hydrogen-bond acceptors (Lipinski definition) is 5. The molecule has 7 heteroatoms. The zero-order valence-electron chi connectivity index (χ0n) is 14.5. The van der Waals surface area contributed by atoms with Crippen molar-refractivity contribution < 1.29 is 22.1 Å². The Morgan fingerprint density at radius 3 is 2.22 bits per heavy atom. The van der Waals surface area contributed by atoms with Gasteiger partial charge in [-0.3, -0.25) is 0 Å². The van der Waals surface area contributed by atoms with Crippen molar-refractivity contribution in [2.45, 2.75) is 11.5 Å². The van der Waals surface area contributed by atoms with E-state index in [9.17, 15) is 8.42 Å². The fourth-order valence-electron chi connectivity index (χ4n) is 2.30. The van der Waals surface area contributed by atoms with Crippen LogP contribution in [0.4, 0.5) is 0 Å². The lowest BCUT2D eigenvalue weighted by Crippen LogP contribution is -2.10. The monoisotopic (exact) mass is 404 g/mol. The first kappa shape index (κ1) is 19.1. The number of rotatable bonds is 7. The van der Waals surface area contributed by atoms with Gasteiger partial charge in [-0.25, -0.2) is 0 Å². The van der Waals surface area contributed by atoms with Crippen LogP contribution < -0.4 is 13.7 Å². The first-order chi connectivity index (χ1) is 13.0. The van der Waals surface area contributed by atoms with Gasteiger partial charge in [-0.2, -0.15) is 8.42 Å². The van der Waals surface area contributed by atoms with Gasteiger partial charge in [-0.15, -0.1) is 0 Å². The minimum absolute atomic E-state index is 0.0480. The minimum atomic E-state index is -4.01. The van der Waals surface area contributed by atoms with E-state index in [1.165, 1.54) is 37.4 Å². The van der Waals surface area contributed by atoms with Crippen LogP contribution in [0.2, 0.25) is 5.02 Å². The van der Waals surface area contributed by atoms with Crippen LogP contribution in [0.1, 0.15) is 5.56 Å². The summed E-state index contributed by atoms with van der Waals surface area (Å²) in [5.74, 6) is 1.04. The molecule has 0 saturated heterocycles. The molecule has 0 aliphatic rings. The molecule has 0 aromatic heterocycles. The summed E-state index contributed by atoms with van der Waals surface area (Å²) in [6, 6.07) is 20.2. The maximum atomic E-state index is 12.4. The van der Waals surface area contributed by atoms with Gasteiger partial charge in [0.25, 0.3) is 0 Å². The first-order valence-electron chi connectivity index (χ1n) is 8.03. The maximum absolute atomic E-state index is 12.4. The Labute approximate surface area is 163 Å². The molecule has 0 spiro atoms. The van der Waals surface area contributed by atoms with Crippen LogP contribution >= 0.6 is 11.6 Å². The second kappa shape index (κ2) is 8.33. The van der Waals surface area contributed by atoms with Gasteiger partial charge < -0.3 is 13.7 Å². The second-order valence-corrected chi connectivity index (χ2v) is 7.53. The van der Waals surface area contributed by atoms with Gasteiger partial charge in [0, 0.05) is 6.07 Å². The van der Waals surface area contributed by atoms with Crippen molar-refractivity contribution in [1.29, 1.82) is 0 Å². The molecule has 0 bridgehead atoms. The molecule has 0 aliphatic carbocycles. The Balaban J connectivity index is 1.68. The first-order valence-corrected chi connectivity index (χ1v) is 9.81. The van der Waals surface area contributed by atoms with E-state index in [0.29, 0.717) is 17.4 Å². The Hall–Kier alpha value is -2.70. The number of hydrogen-bond donors (Lipinski definition) is 0. The van der Waals surface area contributed by atoms with Gasteiger partial charge in [0.1, 0.15) is 28.8 Å². The number of benzene rings is 3. The van der Waals surface area contributed by atoms with Crippen LogP contribution in [0.25, 0.3) is 0 Å². The van der Waals surface area contributed by atoms with Crippen LogP contribution in [0.3, 0.4) is 0 Å². The predicted octanol–water partition coefficient (Wildman–Crippen LogP) is 4.70. The standard InChI is InChI=1S/C20H17ClO5S/c1-24-20-13-18(11-12-19(20)21)27(22,23)26-17-9-7-16(8-10-17)25-14-15-5-3-2-4-6-15/h2-13H,14H2,1H3. The molecule has 0 amide bonds. The average Bonchev–Trinajstić information content (AvgIpc) is 2.68. The van der Waals surface area contributed by atoms with E-state index >= 15 is 0 Å². The van der Waals surface area contributed by atoms with Crippen molar-refractivity contribution in [3.63, 3.8) is 0 Å². The molecule has 0 atom stereocenters. The van der Waals surface area contributed by atoms with Gasteiger partial charge in [0.05, 0.1) is 12.1 Å². The average molecular weight is 405 g/mol. The van der Waals surface area contributed by atoms with E-state index < -0.39 is 10.1 Å². The lowest BCUT2D eigenvalue weighted by atomic mass is 10.2. The van der Waals surface area contributed by atoms with E-state index in [1.807, 2.05) is 30.3 Å². The SMILES string of the molecule is COc1cc(S(=O)(=O)Oc2ccc(OCc3ccccc3)cc2)ccc1Cl. The van der Waals surface area contributed by atoms with Gasteiger partial charge >= 0.3 is 10.1 Å². The molecule has 0 aliphatic heterocycles. The third-order valence-electron chi connectivity index (χ3n) is 3.69. The molecule has 3 rings (SSSR count). The van der Waals surface area contributed by atoms with Crippen molar-refractivity contribution in [3.05, 3.63) is 83.4 Å². The van der Waals surface area contributed by atoms with Crippen LogP contribution in [0.5, 0.6) is 17.2 Å². The summed E-state index contributed by atoms with van der Waals surface area (Å²) in [7, 11) is -2.60. The molecule has 0 N–H and O–H groups in total. The quantitative estimate of drug-likeness (QED) is 0.534. The topological polar surface area (TPSA) is 61.8 Å². The summed E-state index contributed by atoms with van der Waals surface area (Å²) in [5, 5.41) is 0.316. The maximum Gasteiger partial charge on any atom is 0.339 e. The van der Waals surface area contributed by atoms with Crippen molar-refractivity contribution in [2.24, 2.45) is 0 Å². The Morgan fingerprint density at radius 1 is 0.889 bits per heavy atom. The fourth-order valence-corrected chi connectivity index (χ4v) is 3.44. The molecule has 140 valence electrons. The van der Waals surface area contributed by atoms with Gasteiger partial charge in [0.2, 0.25) is 0 Å². The summed E-state index contributed by atoms with van der Waals surface area (Å²) < 4.78 is 40.7. The van der Waals surface area contributed by atoms with Gasteiger partial charge in [-0.1, -0.05) is 41.9 Å². The van der Waals surface area contributed by atoms with Crippen LogP contribution in [-0.4, -0.2) is 15.5 Å². The van der Waals surface area contributed by atoms with Crippen LogP contribution in [0, 0.1) is 0 Å². The highest BCUT2D eigenvalue weighted by molar-refractivity contribution is 7.87. The Kier molecular flexibility index (Phi) is 5.88. The van der Waals surface area contributed by atoms with E-state index in [4.69, 9.17) is 25.3 Å². The molecule has 0 unspecified atom stereocenters. The third kappa shape index (κ3) is 4.93. The van der Waals surface area contributed by atoms with E-state index in [-0.39, 0.29) is 16.4 Å². The Bertz CT molecular complexity index is 1000. The normalized spacial score (nSPS) is 11.0. The summed E-state index contributed by atoms with van der Waals surface area (Å²) in [6.45, 7) is 0.421. The molecule has 0 heterocycles. The second-order valence-electron chi connectivity index (χ2n) is 5.58. The number of methoxy groups -OCH3 is 1. The molecule has 5 nitrogen and oxygen atoms in total. The third-order valence-corrected chi connectivity index (χ3v) is 5.24. The molecular formula is C20H17ClO5S. The highest BCUT2D eigenvalue weighted by Gasteiger charge is 2.18. The van der Waals surface area contributed by atoms with Gasteiger partial charge in [-0.05, 0) is 42.0 Å². The zero-order chi connectivity index (χ0) is 19.3. The van der Waals surface area contributed by atoms with E-state index in [1.54, 1.807) is 12.1 Å². The summed E-state index contributed by atoms with van der Waals surface area (Å²) in [5.41, 5.74) is 1.04. The summed E-state index contributed by atoms with van der Waals surface area (Å²) in [4.78, 5) is -0.0480. The zero-order valence-corrected chi connectivity index (χ0v) is 16.0. The summed E-state index contributed by atoms with van der Waals surface area (Å²) >= 11 is 5.92. The largest absolute Gasteiger partial charge is 0.495 e. The van der Waals surface area contributed by atoms with Crippen LogP contribution in [-0.2, 0) is 16.7 Å². The molecular weight excluding hydrogens is 388 g/mol. The highest BCUT2D eigenvalue weighted by atomic mass is 35.5. The Morgan fingerprint density at radius 2 is 1.56 bits per heavy atom. The van der Waals surface area contributed by atoms with Crippen molar-refractivity contribution >= 4 is 21.7 Å². The minimum Gasteiger partial charge on any atom is -0.495 e. The lowest BCUT2D eigenvalue weighted by molar-refractivity contribution is 0.306. The molecule has 3 aromatic rings. The smallest absolute Gasteiger partial charge is 0.339 e. The molecule has 0 radical (unpaired) electrons. The summed E-state index contributed by atoms with van der Waals surface area (Å²) in [6.07, 6.45) is 0. The number of halogens is 1. The van der Waals surface area contributed by atoms with Crippen molar-refractivity contribution in [1.82, 2.24) is 0 Å². The van der Waals surface area contributed by atoms with Crippen LogP contribution in [0.15, 0.2) is 77.7 Å². The highest BCUT2D eigenvalue weighted by Crippen LogP contribution is 2.29. The van der Waals surface area contributed by atoms with Gasteiger partial charge in [0.15, 0.2) is 0 Å². The van der Waals surface area contributed by atoms with Crippen molar-refractivity contribution in [3.8, 4) is 17.2 Å². The fraction of sp³-hybridized carbons (Fsp3) is 0.100.